The standard InChI is InChI=1S/C25H33ClN6O2/c1-33-12-9-28-18-5-6-19(13-18)31-24-14-20(21(26)15-29-24)22-3-2-4-23(32-22)30-17-25(16-27)7-10-34-11-8-25/h2-4,14-15,18-19,28H,5-13,17H2,1H3,(H,29,31)(H,30,32). The van der Waals surface area contributed by atoms with Crippen molar-refractivity contribution in [3.63, 3.8) is 0 Å². The average molecular weight is 485 g/mol. The Morgan fingerprint density at radius 1 is 1.24 bits per heavy atom. The summed E-state index contributed by atoms with van der Waals surface area (Å²) in [4.78, 5) is 9.26. The van der Waals surface area contributed by atoms with Crippen LogP contribution in [0.1, 0.15) is 32.1 Å². The quantitative estimate of drug-likeness (QED) is 0.433. The molecule has 2 aromatic rings. The molecule has 4 rings (SSSR count). The first kappa shape index (κ1) is 24.7. The molecule has 3 N–H and O–H groups in total. The molecule has 2 fully saturated rings. The van der Waals surface area contributed by atoms with Gasteiger partial charge < -0.3 is 25.4 Å². The van der Waals surface area contributed by atoms with Crippen LogP contribution in [0, 0.1) is 16.7 Å². The number of pyridine rings is 2. The van der Waals surface area contributed by atoms with Gasteiger partial charge in [-0.1, -0.05) is 17.7 Å². The van der Waals surface area contributed by atoms with E-state index in [0.29, 0.717) is 36.9 Å². The van der Waals surface area contributed by atoms with E-state index in [9.17, 15) is 5.26 Å². The maximum atomic E-state index is 9.70. The summed E-state index contributed by atoms with van der Waals surface area (Å²) in [5.74, 6) is 1.52. The molecule has 2 unspecified atom stereocenters. The molecule has 1 saturated carbocycles. The second kappa shape index (κ2) is 11.8. The van der Waals surface area contributed by atoms with Crippen LogP contribution in [0.4, 0.5) is 11.6 Å². The third-order valence-corrected chi connectivity index (χ3v) is 7.00. The summed E-state index contributed by atoms with van der Waals surface area (Å²) >= 11 is 6.51. The van der Waals surface area contributed by atoms with Crippen LogP contribution in [0.5, 0.6) is 0 Å². The molecule has 2 aromatic heterocycles. The number of anilines is 2. The maximum Gasteiger partial charge on any atom is 0.126 e. The highest BCUT2D eigenvalue weighted by Gasteiger charge is 2.32. The zero-order chi connectivity index (χ0) is 23.8. The Hall–Kier alpha value is -2.44. The minimum atomic E-state index is -0.418. The van der Waals surface area contributed by atoms with Gasteiger partial charge in [-0.15, -0.1) is 0 Å². The number of methoxy groups -OCH3 is 1. The van der Waals surface area contributed by atoms with Gasteiger partial charge in [0, 0.05) is 57.3 Å². The minimum Gasteiger partial charge on any atom is -0.383 e. The summed E-state index contributed by atoms with van der Waals surface area (Å²) in [5.41, 5.74) is 1.18. The van der Waals surface area contributed by atoms with Gasteiger partial charge in [-0.3, -0.25) is 0 Å². The van der Waals surface area contributed by atoms with E-state index in [1.165, 1.54) is 0 Å². The van der Waals surface area contributed by atoms with Crippen LogP contribution in [0.25, 0.3) is 11.3 Å². The van der Waals surface area contributed by atoms with Gasteiger partial charge >= 0.3 is 0 Å². The number of nitrogens with zero attached hydrogens (tertiary/aromatic N) is 3. The predicted molar refractivity (Wildman–Crippen MR) is 134 cm³/mol. The van der Waals surface area contributed by atoms with Crippen molar-refractivity contribution in [3.8, 4) is 17.3 Å². The lowest BCUT2D eigenvalue weighted by Gasteiger charge is -2.30. The van der Waals surface area contributed by atoms with E-state index < -0.39 is 5.41 Å². The van der Waals surface area contributed by atoms with E-state index in [0.717, 1.165) is 68.1 Å². The average Bonchev–Trinajstić information content (AvgIpc) is 3.32. The Morgan fingerprint density at radius 2 is 2.06 bits per heavy atom. The molecular formula is C25H33ClN6O2. The van der Waals surface area contributed by atoms with Crippen LogP contribution >= 0.6 is 11.6 Å². The van der Waals surface area contributed by atoms with Crippen molar-refractivity contribution in [2.75, 3.05) is 50.7 Å². The number of hydrogen-bond donors (Lipinski definition) is 3. The SMILES string of the molecule is COCCNC1CCC(Nc2cc(-c3cccc(NCC4(C#N)CCOCC4)n3)c(Cl)cn2)C1. The molecular weight excluding hydrogens is 452 g/mol. The lowest BCUT2D eigenvalue weighted by molar-refractivity contribution is 0.0455. The predicted octanol–water partition coefficient (Wildman–Crippen LogP) is 4.10. The molecule has 0 radical (unpaired) electrons. The highest BCUT2D eigenvalue weighted by molar-refractivity contribution is 6.33. The molecule has 2 atom stereocenters. The zero-order valence-electron chi connectivity index (χ0n) is 19.6. The van der Waals surface area contributed by atoms with Gasteiger partial charge in [-0.25, -0.2) is 9.97 Å². The molecule has 0 aromatic carbocycles. The van der Waals surface area contributed by atoms with Gasteiger partial charge in [0.1, 0.15) is 11.6 Å². The highest BCUT2D eigenvalue weighted by atomic mass is 35.5. The van der Waals surface area contributed by atoms with Crippen LogP contribution in [0.3, 0.4) is 0 Å². The second-order valence-electron chi connectivity index (χ2n) is 9.11. The Bertz CT molecular complexity index is 992. The number of halogens is 1. The van der Waals surface area contributed by atoms with Crippen LogP contribution in [-0.4, -0.2) is 62.1 Å². The minimum absolute atomic E-state index is 0.365. The molecule has 182 valence electrons. The summed E-state index contributed by atoms with van der Waals surface area (Å²) in [6.07, 6.45) is 6.40. The summed E-state index contributed by atoms with van der Waals surface area (Å²) in [7, 11) is 1.72. The molecule has 34 heavy (non-hydrogen) atoms. The summed E-state index contributed by atoms with van der Waals surface area (Å²) in [6.45, 7) is 3.38. The number of hydrogen-bond acceptors (Lipinski definition) is 8. The monoisotopic (exact) mass is 484 g/mol. The molecule has 8 nitrogen and oxygen atoms in total. The van der Waals surface area contributed by atoms with Crippen molar-refractivity contribution in [2.45, 2.75) is 44.2 Å². The zero-order valence-corrected chi connectivity index (χ0v) is 20.4. The molecule has 3 heterocycles. The second-order valence-corrected chi connectivity index (χ2v) is 9.52. The fourth-order valence-corrected chi connectivity index (χ4v) is 4.82. The fourth-order valence-electron chi connectivity index (χ4n) is 4.62. The first-order chi connectivity index (χ1) is 16.6. The first-order valence-electron chi connectivity index (χ1n) is 12.0. The van der Waals surface area contributed by atoms with Gasteiger partial charge in [0.15, 0.2) is 0 Å². The Kier molecular flexibility index (Phi) is 8.57. The van der Waals surface area contributed by atoms with E-state index in [-0.39, 0.29) is 0 Å². The Morgan fingerprint density at radius 3 is 2.85 bits per heavy atom. The fraction of sp³-hybridized carbons (Fsp3) is 0.560. The van der Waals surface area contributed by atoms with Gasteiger partial charge in [0.05, 0.1) is 28.8 Å². The van der Waals surface area contributed by atoms with Crippen molar-refractivity contribution in [1.82, 2.24) is 15.3 Å². The van der Waals surface area contributed by atoms with Gasteiger partial charge in [-0.2, -0.15) is 5.26 Å². The van der Waals surface area contributed by atoms with Crippen LogP contribution < -0.4 is 16.0 Å². The van der Waals surface area contributed by atoms with Crippen molar-refractivity contribution in [3.05, 3.63) is 35.5 Å². The molecule has 2 aliphatic rings. The molecule has 1 aliphatic carbocycles. The van der Waals surface area contributed by atoms with E-state index in [2.05, 4.69) is 27.0 Å². The van der Waals surface area contributed by atoms with E-state index in [1.54, 1.807) is 13.3 Å². The lowest BCUT2D eigenvalue weighted by Crippen LogP contribution is -2.34. The van der Waals surface area contributed by atoms with Gasteiger partial charge in [-0.05, 0) is 50.3 Å². The highest BCUT2D eigenvalue weighted by Crippen LogP contribution is 2.32. The summed E-state index contributed by atoms with van der Waals surface area (Å²) < 4.78 is 10.6. The van der Waals surface area contributed by atoms with Crippen molar-refractivity contribution >= 4 is 23.2 Å². The van der Waals surface area contributed by atoms with Crippen molar-refractivity contribution in [2.24, 2.45) is 5.41 Å². The number of aromatic nitrogens is 2. The van der Waals surface area contributed by atoms with Crippen LogP contribution in [-0.2, 0) is 9.47 Å². The van der Waals surface area contributed by atoms with E-state index >= 15 is 0 Å². The summed E-state index contributed by atoms with van der Waals surface area (Å²) in [6, 6.07) is 11.1. The molecule has 0 spiro atoms. The Labute approximate surface area is 206 Å². The first-order valence-corrected chi connectivity index (χ1v) is 12.3. The summed E-state index contributed by atoms with van der Waals surface area (Å²) in [5, 5.41) is 20.7. The van der Waals surface area contributed by atoms with E-state index in [4.69, 9.17) is 26.1 Å². The topological polar surface area (TPSA) is 104 Å². The Balaban J connectivity index is 1.40. The molecule has 1 aliphatic heterocycles. The van der Waals surface area contributed by atoms with Crippen LogP contribution in [0.15, 0.2) is 30.5 Å². The van der Waals surface area contributed by atoms with E-state index in [1.807, 2.05) is 24.3 Å². The lowest BCUT2D eigenvalue weighted by atomic mass is 9.82. The molecule has 1 saturated heterocycles. The smallest absolute Gasteiger partial charge is 0.126 e. The third-order valence-electron chi connectivity index (χ3n) is 6.70. The normalized spacial score (nSPS) is 21.7. The maximum absolute atomic E-state index is 9.70. The number of nitriles is 1. The van der Waals surface area contributed by atoms with Gasteiger partial charge in [0.2, 0.25) is 0 Å². The van der Waals surface area contributed by atoms with Crippen molar-refractivity contribution < 1.29 is 9.47 Å². The number of rotatable bonds is 10. The number of nitrogens with one attached hydrogen (secondary N) is 3. The van der Waals surface area contributed by atoms with Crippen LogP contribution in [0.2, 0.25) is 5.02 Å². The van der Waals surface area contributed by atoms with Crippen molar-refractivity contribution in [1.29, 1.82) is 5.26 Å². The number of ether oxygens (including phenoxy) is 2. The molecule has 0 bridgehead atoms. The molecule has 9 heteroatoms. The largest absolute Gasteiger partial charge is 0.383 e. The third kappa shape index (κ3) is 6.36. The van der Waals surface area contributed by atoms with Gasteiger partial charge in [0.25, 0.3) is 0 Å². The molecule has 0 amide bonds.